The van der Waals surface area contributed by atoms with Crippen LogP contribution in [0, 0.1) is 6.92 Å². The van der Waals surface area contributed by atoms with Gasteiger partial charge in [0.25, 0.3) is 0 Å². The van der Waals surface area contributed by atoms with Crippen molar-refractivity contribution in [1.82, 2.24) is 0 Å². The summed E-state index contributed by atoms with van der Waals surface area (Å²) in [6, 6.07) is 10.7. The molecule has 2 N–H and O–H groups in total. The first-order chi connectivity index (χ1) is 8.85. The molecule has 0 aliphatic heterocycles. The van der Waals surface area contributed by atoms with E-state index in [0.29, 0.717) is 0 Å². The van der Waals surface area contributed by atoms with Crippen LogP contribution in [0.2, 0.25) is 0 Å². The minimum Gasteiger partial charge on any atom is -0.480 e. The summed E-state index contributed by atoms with van der Waals surface area (Å²) in [5, 5.41) is 20.2. The second-order valence-corrected chi connectivity index (χ2v) is 4.80. The van der Waals surface area contributed by atoms with Gasteiger partial charge in [-0.05, 0) is 36.2 Å². The molecule has 2 aromatic rings. The first-order valence-corrected chi connectivity index (χ1v) is 5.83. The molecule has 0 spiro atoms. The highest BCUT2D eigenvalue weighted by Gasteiger charge is 2.43. The number of hydrogen-bond donors (Lipinski definition) is 2. The average Bonchev–Trinajstić information content (AvgIpc) is 2.36. The Morgan fingerprint density at radius 3 is 2.05 bits per heavy atom. The predicted octanol–water partition coefficient (Wildman–Crippen LogP) is 2.58. The zero-order chi connectivity index (χ0) is 14.2. The Bertz CT molecular complexity index is 659. The molecule has 0 aliphatic carbocycles. The van der Waals surface area contributed by atoms with E-state index < -0.39 is 17.4 Å². The molecule has 0 aromatic heterocycles. The van der Waals surface area contributed by atoms with Crippen molar-refractivity contribution < 1.29 is 19.8 Å². The van der Waals surface area contributed by atoms with Gasteiger partial charge in [0.15, 0.2) is 5.41 Å². The van der Waals surface area contributed by atoms with E-state index in [4.69, 9.17) is 0 Å². The lowest BCUT2D eigenvalue weighted by Gasteiger charge is -2.20. The zero-order valence-electron chi connectivity index (χ0n) is 10.7. The predicted molar refractivity (Wildman–Crippen MR) is 71.3 cm³/mol. The van der Waals surface area contributed by atoms with Crippen LogP contribution in [0.15, 0.2) is 36.4 Å². The number of hydrogen-bond acceptors (Lipinski definition) is 2. The van der Waals surface area contributed by atoms with Crippen LogP contribution in [-0.2, 0) is 15.0 Å². The minimum atomic E-state index is -1.93. The van der Waals surface area contributed by atoms with Crippen LogP contribution < -0.4 is 0 Å². The van der Waals surface area contributed by atoms with E-state index in [2.05, 4.69) is 0 Å². The number of benzene rings is 2. The third-order valence-corrected chi connectivity index (χ3v) is 3.43. The first kappa shape index (κ1) is 13.1. The van der Waals surface area contributed by atoms with Gasteiger partial charge in [0, 0.05) is 0 Å². The summed E-state index contributed by atoms with van der Waals surface area (Å²) < 4.78 is 0. The number of aryl methyl sites for hydroxylation is 1. The molecule has 0 aliphatic rings. The monoisotopic (exact) mass is 258 g/mol. The summed E-state index contributed by atoms with van der Waals surface area (Å²) in [5.74, 6) is -2.74. The number of carbonyl (C=O) groups is 2. The molecule has 2 rings (SSSR count). The normalized spacial score (nSPS) is 11.5. The summed E-state index contributed by atoms with van der Waals surface area (Å²) in [7, 11) is 0. The molecule has 4 nitrogen and oxygen atoms in total. The van der Waals surface area contributed by atoms with E-state index in [1.165, 1.54) is 6.92 Å². The van der Waals surface area contributed by atoms with Crippen molar-refractivity contribution >= 4 is 22.7 Å². The second-order valence-electron chi connectivity index (χ2n) is 4.80. The average molecular weight is 258 g/mol. The smallest absolute Gasteiger partial charge is 0.325 e. The summed E-state index contributed by atoms with van der Waals surface area (Å²) in [5.41, 5.74) is -0.567. The Kier molecular flexibility index (Phi) is 3.02. The van der Waals surface area contributed by atoms with Gasteiger partial charge < -0.3 is 10.2 Å². The molecule has 0 atom stereocenters. The molecule has 0 saturated heterocycles. The van der Waals surface area contributed by atoms with E-state index in [9.17, 15) is 19.8 Å². The van der Waals surface area contributed by atoms with Gasteiger partial charge in [-0.2, -0.15) is 0 Å². The highest BCUT2D eigenvalue weighted by atomic mass is 16.4. The molecule has 0 unspecified atom stereocenters. The third kappa shape index (κ3) is 2.05. The fraction of sp³-hybridized carbons (Fsp3) is 0.200. The summed E-state index contributed by atoms with van der Waals surface area (Å²) in [6.45, 7) is 3.17. The lowest BCUT2D eigenvalue weighted by molar-refractivity contribution is -0.156. The number of fused-ring (bicyclic) bond motifs is 1. The molecule has 0 saturated carbocycles. The Balaban J connectivity index is 2.66. The first-order valence-electron chi connectivity index (χ1n) is 5.83. The Hall–Kier alpha value is -2.36. The van der Waals surface area contributed by atoms with Crippen molar-refractivity contribution in [1.29, 1.82) is 0 Å². The largest absolute Gasteiger partial charge is 0.480 e. The Morgan fingerprint density at radius 1 is 0.947 bits per heavy atom. The van der Waals surface area contributed by atoms with Gasteiger partial charge in [-0.15, -0.1) is 0 Å². The van der Waals surface area contributed by atoms with Gasteiger partial charge in [0.05, 0.1) is 0 Å². The minimum absolute atomic E-state index is 0.267. The van der Waals surface area contributed by atoms with Crippen molar-refractivity contribution in [3.63, 3.8) is 0 Å². The number of carboxylic acid groups (broad SMARTS) is 2. The van der Waals surface area contributed by atoms with Crippen LogP contribution in [0.4, 0.5) is 0 Å². The van der Waals surface area contributed by atoms with Crippen LogP contribution in [0.5, 0.6) is 0 Å². The number of rotatable bonds is 3. The van der Waals surface area contributed by atoms with Gasteiger partial charge in [-0.3, -0.25) is 9.59 Å². The molecule has 0 fully saturated rings. The SMILES string of the molecule is Cc1ccc2cc(C(C)(C(=O)O)C(=O)O)ccc2c1. The van der Waals surface area contributed by atoms with Crippen LogP contribution in [0.3, 0.4) is 0 Å². The van der Waals surface area contributed by atoms with Gasteiger partial charge in [-0.25, -0.2) is 0 Å². The Labute approximate surface area is 110 Å². The third-order valence-electron chi connectivity index (χ3n) is 3.43. The standard InChI is InChI=1S/C15H14O4/c1-9-3-4-11-8-12(6-5-10(11)7-9)15(2,13(16)17)14(18)19/h3-8H,1-2H3,(H,16,17)(H,18,19). The van der Waals surface area contributed by atoms with E-state index in [1.807, 2.05) is 25.1 Å². The van der Waals surface area contributed by atoms with E-state index >= 15 is 0 Å². The maximum Gasteiger partial charge on any atom is 0.325 e. The van der Waals surface area contributed by atoms with Crippen molar-refractivity contribution in [3.8, 4) is 0 Å². The molecule has 19 heavy (non-hydrogen) atoms. The molecule has 0 amide bonds. The summed E-state index contributed by atoms with van der Waals surface area (Å²) >= 11 is 0. The lowest BCUT2D eigenvalue weighted by Crippen LogP contribution is -2.40. The summed E-state index contributed by atoms with van der Waals surface area (Å²) in [4.78, 5) is 22.5. The molecule has 98 valence electrons. The van der Waals surface area contributed by atoms with Crippen LogP contribution in [-0.4, -0.2) is 22.2 Å². The topological polar surface area (TPSA) is 74.6 Å². The highest BCUT2D eigenvalue weighted by Crippen LogP contribution is 2.28. The van der Waals surface area contributed by atoms with E-state index in [-0.39, 0.29) is 5.56 Å². The highest BCUT2D eigenvalue weighted by molar-refractivity contribution is 6.05. The number of aliphatic carboxylic acids is 2. The van der Waals surface area contributed by atoms with Crippen molar-refractivity contribution in [2.24, 2.45) is 0 Å². The van der Waals surface area contributed by atoms with Crippen molar-refractivity contribution in [2.75, 3.05) is 0 Å². The van der Waals surface area contributed by atoms with Gasteiger partial charge in [0.2, 0.25) is 0 Å². The molecular formula is C15H14O4. The van der Waals surface area contributed by atoms with Crippen molar-refractivity contribution in [2.45, 2.75) is 19.3 Å². The van der Waals surface area contributed by atoms with E-state index in [1.54, 1.807) is 18.2 Å². The fourth-order valence-corrected chi connectivity index (χ4v) is 2.01. The van der Waals surface area contributed by atoms with Gasteiger partial charge in [-0.1, -0.05) is 35.9 Å². The van der Waals surface area contributed by atoms with Crippen molar-refractivity contribution in [3.05, 3.63) is 47.5 Å². The van der Waals surface area contributed by atoms with Gasteiger partial charge >= 0.3 is 11.9 Å². The molecule has 0 heterocycles. The number of carboxylic acids is 2. The molecule has 0 bridgehead atoms. The second kappa shape index (κ2) is 4.39. The van der Waals surface area contributed by atoms with Gasteiger partial charge in [0.1, 0.15) is 0 Å². The zero-order valence-corrected chi connectivity index (χ0v) is 10.7. The molecular weight excluding hydrogens is 244 g/mol. The lowest BCUT2D eigenvalue weighted by atomic mass is 9.81. The maximum atomic E-state index is 11.3. The van der Waals surface area contributed by atoms with Crippen LogP contribution in [0.1, 0.15) is 18.1 Å². The molecule has 0 radical (unpaired) electrons. The maximum absolute atomic E-state index is 11.3. The van der Waals surface area contributed by atoms with E-state index in [0.717, 1.165) is 16.3 Å². The van der Waals surface area contributed by atoms with Crippen LogP contribution >= 0.6 is 0 Å². The summed E-state index contributed by atoms with van der Waals surface area (Å²) in [6.07, 6.45) is 0. The quantitative estimate of drug-likeness (QED) is 0.830. The Morgan fingerprint density at radius 2 is 1.47 bits per heavy atom. The molecule has 2 aromatic carbocycles. The molecule has 4 heteroatoms. The van der Waals surface area contributed by atoms with Crippen LogP contribution in [0.25, 0.3) is 10.8 Å². The fourth-order valence-electron chi connectivity index (χ4n) is 2.01.